The zero-order chi connectivity index (χ0) is 26.6. The number of fused-ring (bicyclic) bond motifs is 6. The zero-order valence-corrected chi connectivity index (χ0v) is 21.6. The summed E-state index contributed by atoms with van der Waals surface area (Å²) in [7, 11) is 0. The summed E-state index contributed by atoms with van der Waals surface area (Å²) in [5.41, 5.74) is 9.62. The quantitative estimate of drug-likeness (QED) is 0.210. The summed E-state index contributed by atoms with van der Waals surface area (Å²) in [6.07, 6.45) is 0. The Morgan fingerprint density at radius 2 is 0.900 bits per heavy atom. The third kappa shape index (κ3) is 3.24. The van der Waals surface area contributed by atoms with Crippen LogP contribution >= 0.6 is 0 Å². The first-order chi connectivity index (χ1) is 19.8. The maximum Gasteiger partial charge on any atom is 0.189 e. The van der Waals surface area contributed by atoms with E-state index < -0.39 is 0 Å². The van der Waals surface area contributed by atoms with E-state index in [1.807, 2.05) is 12.1 Å². The van der Waals surface area contributed by atoms with Crippen LogP contribution in [0.4, 0.5) is 5.69 Å². The lowest BCUT2D eigenvalue weighted by Crippen LogP contribution is -1.98. The third-order valence-corrected chi connectivity index (χ3v) is 7.95. The largest absolute Gasteiger partial charge is 0.310 e. The Morgan fingerprint density at radius 3 is 1.38 bits per heavy atom. The first-order valence-electron chi connectivity index (χ1n) is 13.4. The van der Waals surface area contributed by atoms with Gasteiger partial charge in [-0.25, -0.2) is 4.85 Å². The molecule has 0 fully saturated rings. The van der Waals surface area contributed by atoms with Crippen molar-refractivity contribution >= 4 is 49.3 Å². The highest BCUT2D eigenvalue weighted by molar-refractivity contribution is 6.10. The molecule has 0 unspecified atom stereocenters. The van der Waals surface area contributed by atoms with Crippen LogP contribution < -0.4 is 0 Å². The van der Waals surface area contributed by atoms with E-state index in [-0.39, 0.29) is 0 Å². The van der Waals surface area contributed by atoms with Gasteiger partial charge in [-0.1, -0.05) is 97.1 Å². The molecule has 186 valence electrons. The van der Waals surface area contributed by atoms with Crippen LogP contribution in [0.1, 0.15) is 0 Å². The fourth-order valence-corrected chi connectivity index (χ4v) is 6.19. The van der Waals surface area contributed by atoms with Crippen LogP contribution in [0.15, 0.2) is 140 Å². The number of nitrogens with zero attached hydrogens (tertiary/aromatic N) is 3. The highest BCUT2D eigenvalue weighted by atomic mass is 15.0. The number of hydrogen-bond acceptors (Lipinski definition) is 0. The third-order valence-electron chi connectivity index (χ3n) is 7.95. The lowest BCUT2D eigenvalue weighted by Gasteiger charge is -2.16. The number of para-hydroxylation sites is 4. The van der Waals surface area contributed by atoms with Crippen molar-refractivity contribution in [2.45, 2.75) is 0 Å². The molecule has 0 spiro atoms. The highest BCUT2D eigenvalue weighted by Crippen LogP contribution is 2.38. The molecule has 0 bridgehead atoms. The van der Waals surface area contributed by atoms with Crippen LogP contribution in [0.3, 0.4) is 0 Å². The van der Waals surface area contributed by atoms with Gasteiger partial charge in [-0.3, -0.25) is 0 Å². The molecule has 40 heavy (non-hydrogen) atoms. The van der Waals surface area contributed by atoms with Gasteiger partial charge in [0.2, 0.25) is 0 Å². The van der Waals surface area contributed by atoms with Gasteiger partial charge in [0, 0.05) is 38.5 Å². The van der Waals surface area contributed by atoms with Crippen LogP contribution in [0.2, 0.25) is 0 Å². The maximum absolute atomic E-state index is 7.72. The van der Waals surface area contributed by atoms with Crippen molar-refractivity contribution in [3.05, 3.63) is 151 Å². The van der Waals surface area contributed by atoms with E-state index in [1.165, 1.54) is 32.6 Å². The number of hydrogen-bond donors (Lipinski definition) is 0. The average molecular weight is 510 g/mol. The Bertz CT molecular complexity index is 2170. The molecule has 2 heterocycles. The summed E-state index contributed by atoms with van der Waals surface area (Å²) in [5.74, 6) is 0. The second kappa shape index (κ2) is 8.73. The van der Waals surface area contributed by atoms with E-state index in [2.05, 4.69) is 141 Å². The van der Waals surface area contributed by atoms with Crippen LogP contribution in [0, 0.1) is 6.57 Å². The minimum absolute atomic E-state index is 0.627. The van der Waals surface area contributed by atoms with E-state index >= 15 is 0 Å². The molecular weight excluding hydrogens is 486 g/mol. The Balaban J connectivity index is 1.34. The fraction of sp³-hybridized carbons (Fsp3) is 0. The van der Waals surface area contributed by atoms with Gasteiger partial charge in [0.1, 0.15) is 0 Å². The van der Waals surface area contributed by atoms with Gasteiger partial charge in [-0.15, -0.1) is 0 Å². The topological polar surface area (TPSA) is 14.2 Å². The minimum atomic E-state index is 0.627. The summed E-state index contributed by atoms with van der Waals surface area (Å²) < 4.78 is 4.64. The van der Waals surface area contributed by atoms with Crippen molar-refractivity contribution < 1.29 is 0 Å². The van der Waals surface area contributed by atoms with Gasteiger partial charge in [0.15, 0.2) is 5.69 Å². The smallest absolute Gasteiger partial charge is 0.189 e. The summed E-state index contributed by atoms with van der Waals surface area (Å²) in [4.78, 5) is 3.78. The van der Waals surface area contributed by atoms with E-state index in [0.717, 1.165) is 33.5 Å². The zero-order valence-electron chi connectivity index (χ0n) is 21.6. The van der Waals surface area contributed by atoms with Gasteiger partial charge in [-0.2, -0.15) is 0 Å². The monoisotopic (exact) mass is 509 g/mol. The Hall–Kier alpha value is -5.59. The van der Waals surface area contributed by atoms with Crippen LogP contribution in [0.5, 0.6) is 0 Å². The molecule has 0 atom stereocenters. The van der Waals surface area contributed by atoms with E-state index in [1.54, 1.807) is 0 Å². The molecule has 0 saturated carbocycles. The SMILES string of the molecule is [C-]#[N+]c1ccc(-c2ccc(-n3c4ccccc4c4ccccc43)cc2)c(-n2c3ccccc3c3ccccc32)c1. The molecule has 0 N–H and O–H groups in total. The molecule has 2 aromatic heterocycles. The predicted molar refractivity (Wildman–Crippen MR) is 167 cm³/mol. The summed E-state index contributed by atoms with van der Waals surface area (Å²) in [6, 6.07) is 49.0. The summed E-state index contributed by atoms with van der Waals surface area (Å²) in [5, 5.41) is 4.93. The van der Waals surface area contributed by atoms with Crippen molar-refractivity contribution in [2.24, 2.45) is 0 Å². The first kappa shape index (κ1) is 22.4. The fourth-order valence-electron chi connectivity index (χ4n) is 6.19. The van der Waals surface area contributed by atoms with E-state index in [9.17, 15) is 0 Å². The summed E-state index contributed by atoms with van der Waals surface area (Å²) in [6.45, 7) is 7.72. The van der Waals surface area contributed by atoms with Crippen LogP contribution in [-0.2, 0) is 0 Å². The van der Waals surface area contributed by atoms with Gasteiger partial charge in [-0.05, 0) is 48.0 Å². The second-order valence-electron chi connectivity index (χ2n) is 10.1. The Labute approximate surface area is 231 Å². The Kier molecular flexibility index (Phi) is 4.89. The van der Waals surface area contributed by atoms with Crippen molar-refractivity contribution in [3.63, 3.8) is 0 Å². The molecule has 3 heteroatoms. The average Bonchev–Trinajstić information content (AvgIpc) is 3.54. The molecule has 0 aliphatic carbocycles. The molecule has 0 saturated heterocycles. The molecule has 0 amide bonds. The molecule has 8 aromatic rings. The normalized spacial score (nSPS) is 11.5. The molecule has 0 aliphatic rings. The number of aromatic nitrogens is 2. The predicted octanol–water partition coefficient (Wildman–Crippen LogP) is 10.1. The highest BCUT2D eigenvalue weighted by Gasteiger charge is 2.17. The molecule has 0 aliphatic heterocycles. The Morgan fingerprint density at radius 1 is 0.450 bits per heavy atom. The first-order valence-corrected chi connectivity index (χ1v) is 13.4. The minimum Gasteiger partial charge on any atom is -0.310 e. The second-order valence-corrected chi connectivity index (χ2v) is 10.1. The number of benzene rings is 6. The molecule has 8 rings (SSSR count). The van der Waals surface area contributed by atoms with Crippen molar-refractivity contribution in [1.82, 2.24) is 9.13 Å². The van der Waals surface area contributed by atoms with Gasteiger partial charge >= 0.3 is 0 Å². The van der Waals surface area contributed by atoms with E-state index in [0.29, 0.717) is 5.69 Å². The lowest BCUT2D eigenvalue weighted by molar-refractivity contribution is 1.17. The van der Waals surface area contributed by atoms with Crippen LogP contribution in [-0.4, -0.2) is 9.13 Å². The van der Waals surface area contributed by atoms with E-state index in [4.69, 9.17) is 6.57 Å². The maximum atomic E-state index is 7.72. The summed E-state index contributed by atoms with van der Waals surface area (Å²) >= 11 is 0. The van der Waals surface area contributed by atoms with Gasteiger partial charge in [0.05, 0.1) is 28.6 Å². The van der Waals surface area contributed by atoms with Crippen LogP contribution in [0.25, 0.3) is 71.0 Å². The molecular formula is C37H23N3. The van der Waals surface area contributed by atoms with Gasteiger partial charge < -0.3 is 9.13 Å². The van der Waals surface area contributed by atoms with Crippen molar-refractivity contribution in [3.8, 4) is 22.5 Å². The molecule has 3 nitrogen and oxygen atoms in total. The van der Waals surface area contributed by atoms with Gasteiger partial charge in [0.25, 0.3) is 0 Å². The lowest BCUT2D eigenvalue weighted by atomic mass is 10.0. The van der Waals surface area contributed by atoms with Crippen molar-refractivity contribution in [2.75, 3.05) is 0 Å². The van der Waals surface area contributed by atoms with Crippen molar-refractivity contribution in [1.29, 1.82) is 0 Å². The standard InChI is InChI=1S/C37H23N3/c1-38-26-20-23-28(37(24-26)40-35-16-8-4-12-31(35)32-13-5-9-17-36(32)40)25-18-21-27(22-19-25)39-33-14-6-2-10-29(33)30-11-3-7-15-34(30)39/h2-24H. The molecule has 0 radical (unpaired) electrons. The molecule has 6 aromatic carbocycles. The number of rotatable bonds is 3.